The minimum absolute atomic E-state index is 0.163. The summed E-state index contributed by atoms with van der Waals surface area (Å²) < 4.78 is 5.49. The van der Waals surface area contributed by atoms with Crippen molar-refractivity contribution in [1.29, 1.82) is 0 Å². The van der Waals surface area contributed by atoms with Gasteiger partial charge in [0.25, 0.3) is 0 Å². The summed E-state index contributed by atoms with van der Waals surface area (Å²) in [5, 5.41) is 1.25. The maximum atomic E-state index is 5.49. The van der Waals surface area contributed by atoms with Crippen molar-refractivity contribution in [3.63, 3.8) is 0 Å². The van der Waals surface area contributed by atoms with Gasteiger partial charge in [0.2, 0.25) is 0 Å². The lowest BCUT2D eigenvalue weighted by molar-refractivity contribution is 0.00988. The van der Waals surface area contributed by atoms with Crippen LogP contribution < -0.4 is 0 Å². The van der Waals surface area contributed by atoms with Crippen LogP contribution in [0.5, 0.6) is 0 Å². The quantitative estimate of drug-likeness (QED) is 0.855. The van der Waals surface area contributed by atoms with Crippen LogP contribution in [0.2, 0.25) is 0 Å². The predicted octanol–water partition coefficient (Wildman–Crippen LogP) is 2.74. The maximum Gasteiger partial charge on any atom is 0.0981 e. The Morgan fingerprint density at radius 3 is 2.64 bits per heavy atom. The third kappa shape index (κ3) is 3.53. The number of hydrogen-bond acceptors (Lipinski definition) is 5. The number of nitrogens with zero attached hydrogens (tertiary/aromatic N) is 3. The van der Waals surface area contributed by atoms with E-state index in [9.17, 15) is 0 Å². The molecule has 2 aliphatic rings. The van der Waals surface area contributed by atoms with E-state index in [1.165, 1.54) is 22.9 Å². The average Bonchev–Trinajstić information content (AvgIpc) is 3.08. The molecule has 0 aromatic carbocycles. The molecule has 2 fully saturated rings. The Balaban J connectivity index is 1.60. The highest BCUT2D eigenvalue weighted by Gasteiger charge is 2.35. The van der Waals surface area contributed by atoms with Crippen LogP contribution in [0.3, 0.4) is 0 Å². The Kier molecular flexibility index (Phi) is 4.88. The van der Waals surface area contributed by atoms with E-state index in [1.54, 1.807) is 0 Å². The van der Waals surface area contributed by atoms with E-state index in [0.29, 0.717) is 12.1 Å². The first-order valence-corrected chi connectivity index (χ1v) is 9.28. The number of rotatable bonds is 3. The molecule has 0 spiro atoms. The molecule has 22 heavy (non-hydrogen) atoms. The number of morpholine rings is 1. The summed E-state index contributed by atoms with van der Waals surface area (Å²) in [6, 6.07) is 1.32. The Morgan fingerprint density at radius 2 is 2.00 bits per heavy atom. The van der Waals surface area contributed by atoms with Gasteiger partial charge in [-0.25, -0.2) is 4.98 Å². The van der Waals surface area contributed by atoms with Gasteiger partial charge in [-0.05, 0) is 13.3 Å². The monoisotopic (exact) mass is 323 g/mol. The van der Waals surface area contributed by atoms with Crippen LogP contribution in [0.25, 0.3) is 0 Å². The van der Waals surface area contributed by atoms with Crippen molar-refractivity contribution in [1.82, 2.24) is 14.8 Å². The molecule has 0 saturated carbocycles. The van der Waals surface area contributed by atoms with E-state index in [2.05, 4.69) is 48.7 Å². The van der Waals surface area contributed by atoms with E-state index >= 15 is 0 Å². The van der Waals surface area contributed by atoms with Crippen molar-refractivity contribution in [3.8, 4) is 0 Å². The summed E-state index contributed by atoms with van der Waals surface area (Å²) in [6.07, 6.45) is 3.37. The first kappa shape index (κ1) is 16.4. The first-order chi connectivity index (χ1) is 10.4. The number of thiazole rings is 1. The molecule has 2 aliphatic heterocycles. The van der Waals surface area contributed by atoms with Crippen molar-refractivity contribution < 1.29 is 4.74 Å². The van der Waals surface area contributed by atoms with E-state index in [0.717, 1.165) is 32.8 Å². The molecular formula is C17H29N3OS. The highest BCUT2D eigenvalue weighted by molar-refractivity contribution is 7.11. The summed E-state index contributed by atoms with van der Waals surface area (Å²) in [7, 11) is 0. The molecule has 1 aromatic heterocycles. The van der Waals surface area contributed by atoms with E-state index in [1.807, 2.05) is 11.3 Å². The van der Waals surface area contributed by atoms with Gasteiger partial charge in [0, 0.05) is 54.8 Å². The molecule has 3 rings (SSSR count). The van der Waals surface area contributed by atoms with Crippen LogP contribution in [0.15, 0.2) is 6.20 Å². The van der Waals surface area contributed by atoms with Crippen molar-refractivity contribution in [2.75, 3.05) is 32.8 Å². The molecule has 2 saturated heterocycles. The highest BCUT2D eigenvalue weighted by Crippen LogP contribution is 2.30. The lowest BCUT2D eigenvalue weighted by Gasteiger charge is -2.35. The predicted molar refractivity (Wildman–Crippen MR) is 91.5 cm³/mol. The molecule has 0 aliphatic carbocycles. The lowest BCUT2D eigenvalue weighted by Crippen LogP contribution is -2.48. The molecule has 2 atom stereocenters. The Bertz CT molecular complexity index is 490. The molecule has 0 amide bonds. The summed E-state index contributed by atoms with van der Waals surface area (Å²) in [5.74, 6) is 0. The van der Waals surface area contributed by atoms with Crippen molar-refractivity contribution >= 4 is 11.3 Å². The molecule has 5 heteroatoms. The SMILES string of the molecule is C[C@@H]1[C@H](N2CCOCC2)CCN1Cc1cnc(C(C)(C)C)s1. The van der Waals surface area contributed by atoms with Crippen LogP contribution in [0.4, 0.5) is 0 Å². The van der Waals surface area contributed by atoms with Crippen molar-refractivity contribution in [2.45, 2.75) is 58.2 Å². The zero-order valence-electron chi connectivity index (χ0n) is 14.3. The maximum absolute atomic E-state index is 5.49. The van der Waals surface area contributed by atoms with E-state index in [-0.39, 0.29) is 5.41 Å². The third-order valence-electron chi connectivity index (χ3n) is 4.91. The fraction of sp³-hybridized carbons (Fsp3) is 0.824. The Morgan fingerprint density at radius 1 is 1.27 bits per heavy atom. The standard InChI is InChI=1S/C17H29N3OS/c1-13-15(19-7-9-21-10-8-19)5-6-20(13)12-14-11-18-16(22-14)17(2,3)4/h11,13,15H,5-10,12H2,1-4H3/t13-,15-/m1/s1. The molecule has 0 bridgehead atoms. The van der Waals surface area contributed by atoms with E-state index in [4.69, 9.17) is 4.74 Å². The molecule has 0 radical (unpaired) electrons. The zero-order valence-corrected chi connectivity index (χ0v) is 15.2. The van der Waals surface area contributed by atoms with Crippen LogP contribution in [-0.2, 0) is 16.7 Å². The van der Waals surface area contributed by atoms with Gasteiger partial charge in [-0.3, -0.25) is 9.80 Å². The summed E-state index contributed by atoms with van der Waals surface area (Å²) in [5.41, 5.74) is 0.163. The molecule has 124 valence electrons. The van der Waals surface area contributed by atoms with Gasteiger partial charge >= 0.3 is 0 Å². The second-order valence-corrected chi connectivity index (χ2v) is 8.71. The Labute approximate surface area is 138 Å². The molecule has 4 nitrogen and oxygen atoms in total. The van der Waals surface area contributed by atoms with Crippen molar-refractivity contribution in [3.05, 3.63) is 16.1 Å². The van der Waals surface area contributed by atoms with Crippen LogP contribution >= 0.6 is 11.3 Å². The first-order valence-electron chi connectivity index (χ1n) is 8.46. The second-order valence-electron chi connectivity index (χ2n) is 7.60. The van der Waals surface area contributed by atoms with Gasteiger partial charge in [0.1, 0.15) is 0 Å². The van der Waals surface area contributed by atoms with Crippen molar-refractivity contribution in [2.24, 2.45) is 0 Å². The van der Waals surface area contributed by atoms with Gasteiger partial charge in [-0.2, -0.15) is 0 Å². The molecular weight excluding hydrogens is 294 g/mol. The largest absolute Gasteiger partial charge is 0.379 e. The topological polar surface area (TPSA) is 28.6 Å². The second kappa shape index (κ2) is 6.56. The fourth-order valence-electron chi connectivity index (χ4n) is 3.53. The third-order valence-corrected chi connectivity index (χ3v) is 6.32. The number of likely N-dealkylation sites (tertiary alicyclic amines) is 1. The zero-order chi connectivity index (χ0) is 15.7. The fourth-order valence-corrected chi connectivity index (χ4v) is 4.53. The number of aromatic nitrogens is 1. The van der Waals surface area contributed by atoms with Gasteiger partial charge in [0.05, 0.1) is 18.2 Å². The highest BCUT2D eigenvalue weighted by atomic mass is 32.1. The average molecular weight is 324 g/mol. The van der Waals surface area contributed by atoms with E-state index < -0.39 is 0 Å². The summed E-state index contributed by atoms with van der Waals surface area (Å²) in [6.45, 7) is 15.3. The van der Waals surface area contributed by atoms with Crippen LogP contribution in [0, 0.1) is 0 Å². The van der Waals surface area contributed by atoms with Gasteiger partial charge < -0.3 is 4.74 Å². The number of ether oxygens (including phenoxy) is 1. The number of hydrogen-bond donors (Lipinski definition) is 0. The van der Waals surface area contributed by atoms with Gasteiger partial charge in [0.15, 0.2) is 0 Å². The molecule has 0 unspecified atom stereocenters. The van der Waals surface area contributed by atoms with Gasteiger partial charge in [-0.1, -0.05) is 20.8 Å². The summed E-state index contributed by atoms with van der Waals surface area (Å²) in [4.78, 5) is 11.3. The molecule has 0 N–H and O–H groups in total. The Hall–Kier alpha value is -0.490. The van der Waals surface area contributed by atoms with Gasteiger partial charge in [-0.15, -0.1) is 11.3 Å². The lowest BCUT2D eigenvalue weighted by atomic mass is 9.98. The normalized spacial score (nSPS) is 28.4. The minimum Gasteiger partial charge on any atom is -0.379 e. The smallest absolute Gasteiger partial charge is 0.0981 e. The van der Waals surface area contributed by atoms with Crippen LogP contribution in [0.1, 0.15) is 44.0 Å². The minimum atomic E-state index is 0.163. The molecule has 3 heterocycles. The molecule has 1 aromatic rings. The van der Waals surface area contributed by atoms with Crippen LogP contribution in [-0.4, -0.2) is 59.7 Å². The summed E-state index contributed by atoms with van der Waals surface area (Å²) >= 11 is 1.88.